The minimum atomic E-state index is -0.550. The van der Waals surface area contributed by atoms with Gasteiger partial charge < -0.3 is 15.4 Å². The summed E-state index contributed by atoms with van der Waals surface area (Å²) in [6.45, 7) is 3.86. The van der Waals surface area contributed by atoms with Gasteiger partial charge in [-0.05, 0) is 69.7 Å². The van der Waals surface area contributed by atoms with Gasteiger partial charge in [0.25, 0.3) is 5.91 Å². The quantitative estimate of drug-likeness (QED) is 0.765. The Morgan fingerprint density at radius 1 is 1.13 bits per heavy atom. The maximum absolute atomic E-state index is 13.4. The summed E-state index contributed by atoms with van der Waals surface area (Å²) in [4.78, 5) is 28.4. The molecule has 0 spiro atoms. The third-order valence-corrected chi connectivity index (χ3v) is 5.75. The Labute approximate surface area is 176 Å². The molecular formula is C23H28FN3O3. The van der Waals surface area contributed by atoms with Gasteiger partial charge in [-0.3, -0.25) is 9.78 Å². The zero-order valence-corrected chi connectivity index (χ0v) is 17.6. The van der Waals surface area contributed by atoms with Crippen LogP contribution in [0.5, 0.6) is 0 Å². The molecule has 30 heavy (non-hydrogen) atoms. The van der Waals surface area contributed by atoms with Gasteiger partial charge in [-0.25, -0.2) is 9.18 Å². The second-order valence-corrected chi connectivity index (χ2v) is 8.21. The molecule has 2 amide bonds. The first-order valence-corrected chi connectivity index (χ1v) is 10.2. The highest BCUT2D eigenvalue weighted by Crippen LogP contribution is 2.35. The van der Waals surface area contributed by atoms with Crippen molar-refractivity contribution in [2.75, 3.05) is 7.05 Å². The van der Waals surface area contributed by atoms with Crippen molar-refractivity contribution in [3.8, 4) is 11.3 Å². The van der Waals surface area contributed by atoms with Crippen LogP contribution in [0.15, 0.2) is 42.6 Å². The lowest BCUT2D eigenvalue weighted by Crippen LogP contribution is -2.44. The van der Waals surface area contributed by atoms with Gasteiger partial charge >= 0.3 is 6.09 Å². The lowest BCUT2D eigenvalue weighted by Gasteiger charge is -2.38. The highest BCUT2D eigenvalue weighted by molar-refractivity contribution is 5.94. The molecule has 2 N–H and O–H groups in total. The maximum Gasteiger partial charge on any atom is 0.407 e. The topological polar surface area (TPSA) is 80.3 Å². The number of ether oxygens (including phenoxy) is 1. The molecule has 1 saturated carbocycles. The van der Waals surface area contributed by atoms with E-state index in [2.05, 4.69) is 15.6 Å². The second kappa shape index (κ2) is 9.24. The van der Waals surface area contributed by atoms with E-state index in [1.54, 1.807) is 31.3 Å². The van der Waals surface area contributed by atoms with Crippen molar-refractivity contribution < 1.29 is 18.7 Å². The van der Waals surface area contributed by atoms with Crippen LogP contribution in [0, 0.1) is 11.7 Å². The molecule has 0 bridgehead atoms. The van der Waals surface area contributed by atoms with Crippen LogP contribution in [0.2, 0.25) is 0 Å². The van der Waals surface area contributed by atoms with Crippen molar-refractivity contribution >= 4 is 12.0 Å². The first kappa shape index (κ1) is 21.7. The lowest BCUT2D eigenvalue weighted by atomic mass is 9.77. The number of halogens is 1. The Morgan fingerprint density at radius 3 is 2.47 bits per heavy atom. The molecule has 160 valence electrons. The first-order chi connectivity index (χ1) is 14.3. The Balaban J connectivity index is 1.54. The Hall–Kier alpha value is -2.96. The fourth-order valence-corrected chi connectivity index (χ4v) is 3.92. The SMILES string of the molecule is CNC(=O)OC(C)(C)C1CCC(NC(=O)c2ccc(-c3cccc(F)c3)nc2)CC1. The molecule has 1 fully saturated rings. The molecule has 1 aromatic carbocycles. The summed E-state index contributed by atoms with van der Waals surface area (Å²) in [7, 11) is 1.55. The van der Waals surface area contributed by atoms with E-state index in [-0.39, 0.29) is 23.7 Å². The van der Waals surface area contributed by atoms with Crippen LogP contribution in [0.4, 0.5) is 9.18 Å². The van der Waals surface area contributed by atoms with E-state index in [0.29, 0.717) is 16.8 Å². The zero-order valence-electron chi connectivity index (χ0n) is 17.6. The molecule has 0 saturated heterocycles. The van der Waals surface area contributed by atoms with E-state index in [9.17, 15) is 14.0 Å². The molecule has 0 atom stereocenters. The maximum atomic E-state index is 13.4. The molecule has 0 radical (unpaired) electrons. The Kier molecular flexibility index (Phi) is 6.70. The van der Waals surface area contributed by atoms with E-state index >= 15 is 0 Å². The number of pyridine rings is 1. The molecule has 2 aromatic rings. The first-order valence-electron chi connectivity index (χ1n) is 10.2. The fraction of sp³-hybridized carbons (Fsp3) is 0.435. The fourth-order valence-electron chi connectivity index (χ4n) is 3.92. The highest BCUT2D eigenvalue weighted by atomic mass is 19.1. The van der Waals surface area contributed by atoms with Crippen molar-refractivity contribution in [2.45, 2.75) is 51.2 Å². The van der Waals surface area contributed by atoms with Gasteiger partial charge in [-0.15, -0.1) is 0 Å². The van der Waals surface area contributed by atoms with Gasteiger partial charge in [0.05, 0.1) is 11.3 Å². The minimum Gasteiger partial charge on any atom is -0.443 e. The van der Waals surface area contributed by atoms with Crippen molar-refractivity contribution in [1.82, 2.24) is 15.6 Å². The monoisotopic (exact) mass is 413 g/mol. The summed E-state index contributed by atoms with van der Waals surface area (Å²) < 4.78 is 18.9. The van der Waals surface area contributed by atoms with E-state index in [1.807, 2.05) is 13.8 Å². The number of aromatic nitrogens is 1. The standard InChI is InChI=1S/C23H28FN3O3/c1-23(2,30-22(29)25-3)17-8-10-19(11-9-17)27-21(28)16-7-12-20(26-14-16)15-5-4-6-18(24)13-15/h4-7,12-14,17,19H,8-11H2,1-3H3,(H,25,29)(H,27,28). The van der Waals surface area contributed by atoms with Crippen LogP contribution < -0.4 is 10.6 Å². The third kappa shape index (κ3) is 5.34. The molecule has 3 rings (SSSR count). The highest BCUT2D eigenvalue weighted by Gasteiger charge is 2.36. The molecule has 0 aliphatic heterocycles. The van der Waals surface area contributed by atoms with Gasteiger partial charge in [0.15, 0.2) is 0 Å². The van der Waals surface area contributed by atoms with Crippen molar-refractivity contribution in [3.05, 3.63) is 54.0 Å². The normalized spacial score (nSPS) is 19.1. The molecule has 7 heteroatoms. The third-order valence-electron chi connectivity index (χ3n) is 5.75. The number of benzene rings is 1. The number of hydrogen-bond donors (Lipinski definition) is 2. The average molecular weight is 413 g/mol. The summed E-state index contributed by atoms with van der Waals surface area (Å²) in [5, 5.41) is 5.56. The van der Waals surface area contributed by atoms with Crippen LogP contribution in [-0.4, -0.2) is 35.7 Å². The number of hydrogen-bond acceptors (Lipinski definition) is 4. The van der Waals surface area contributed by atoms with E-state index in [1.165, 1.54) is 18.3 Å². The number of nitrogens with zero attached hydrogens (tertiary/aromatic N) is 1. The molecule has 1 heterocycles. The number of carbonyl (C=O) groups excluding carboxylic acids is 2. The predicted octanol–water partition coefficient (Wildman–Crippen LogP) is 4.31. The average Bonchev–Trinajstić information content (AvgIpc) is 2.74. The van der Waals surface area contributed by atoms with Gasteiger partial charge in [-0.2, -0.15) is 0 Å². The number of carbonyl (C=O) groups is 2. The summed E-state index contributed by atoms with van der Waals surface area (Å²) in [6.07, 6.45) is 4.47. The van der Waals surface area contributed by atoms with E-state index < -0.39 is 11.7 Å². The number of nitrogens with one attached hydrogen (secondary N) is 2. The number of amides is 2. The zero-order chi connectivity index (χ0) is 21.7. The smallest absolute Gasteiger partial charge is 0.407 e. The van der Waals surface area contributed by atoms with Crippen LogP contribution in [0.1, 0.15) is 49.9 Å². The molecule has 1 aliphatic carbocycles. The summed E-state index contributed by atoms with van der Waals surface area (Å²) in [5.74, 6) is -0.247. The molecule has 1 aromatic heterocycles. The van der Waals surface area contributed by atoms with Gasteiger partial charge in [0.2, 0.25) is 0 Å². The molecule has 1 aliphatic rings. The van der Waals surface area contributed by atoms with Crippen molar-refractivity contribution in [2.24, 2.45) is 5.92 Å². The van der Waals surface area contributed by atoms with Crippen LogP contribution in [-0.2, 0) is 4.74 Å². The van der Waals surface area contributed by atoms with Gasteiger partial charge in [-0.1, -0.05) is 12.1 Å². The Bertz CT molecular complexity index is 891. The van der Waals surface area contributed by atoms with Gasteiger partial charge in [0, 0.05) is 24.8 Å². The molecule has 6 nitrogen and oxygen atoms in total. The molecule has 0 unspecified atom stereocenters. The summed E-state index contributed by atoms with van der Waals surface area (Å²) in [5.41, 5.74) is 1.21. The minimum absolute atomic E-state index is 0.0763. The lowest BCUT2D eigenvalue weighted by molar-refractivity contribution is -0.0200. The van der Waals surface area contributed by atoms with Crippen molar-refractivity contribution in [3.63, 3.8) is 0 Å². The van der Waals surface area contributed by atoms with Crippen LogP contribution >= 0.6 is 0 Å². The number of rotatable bonds is 5. The van der Waals surface area contributed by atoms with E-state index in [4.69, 9.17) is 4.74 Å². The largest absolute Gasteiger partial charge is 0.443 e. The van der Waals surface area contributed by atoms with Gasteiger partial charge in [0.1, 0.15) is 11.4 Å². The Morgan fingerprint density at radius 2 is 1.87 bits per heavy atom. The second-order valence-electron chi connectivity index (χ2n) is 8.21. The molecular weight excluding hydrogens is 385 g/mol. The number of alkyl carbamates (subject to hydrolysis) is 1. The van der Waals surface area contributed by atoms with Crippen LogP contribution in [0.25, 0.3) is 11.3 Å². The summed E-state index contributed by atoms with van der Waals surface area (Å²) >= 11 is 0. The van der Waals surface area contributed by atoms with Crippen LogP contribution in [0.3, 0.4) is 0 Å². The van der Waals surface area contributed by atoms with Crippen molar-refractivity contribution in [1.29, 1.82) is 0 Å². The summed E-state index contributed by atoms with van der Waals surface area (Å²) in [6, 6.07) is 9.70. The predicted molar refractivity (Wildman–Crippen MR) is 112 cm³/mol. The van der Waals surface area contributed by atoms with E-state index in [0.717, 1.165) is 25.7 Å².